The number of carbonyl (C=O) groups is 2. The predicted octanol–water partition coefficient (Wildman–Crippen LogP) is 2.32. The molecule has 0 aromatic rings. The Kier molecular flexibility index (Phi) is 9.77. The second-order valence-electron chi connectivity index (χ2n) is 3.62. The minimum Gasteiger partial charge on any atom is -0.303 e. The molecule has 0 spiro atoms. The summed E-state index contributed by atoms with van der Waals surface area (Å²) in [5, 5.41) is 0. The van der Waals surface area contributed by atoms with E-state index in [1.54, 1.807) is 0 Å². The van der Waals surface area contributed by atoms with Crippen molar-refractivity contribution in [1.29, 1.82) is 0 Å². The van der Waals surface area contributed by atoms with E-state index in [4.69, 9.17) is 0 Å². The Balaban J connectivity index is 0. The Morgan fingerprint density at radius 3 is 1.17 bits per heavy atom. The third kappa shape index (κ3) is 12.1. The van der Waals surface area contributed by atoms with Crippen LogP contribution in [0, 0.1) is 17.8 Å². The molecule has 12 heavy (non-hydrogen) atoms. The predicted molar refractivity (Wildman–Crippen MR) is 51.0 cm³/mol. The van der Waals surface area contributed by atoms with Gasteiger partial charge in [-0.3, -0.25) is 0 Å². The second-order valence-corrected chi connectivity index (χ2v) is 3.62. The van der Waals surface area contributed by atoms with Crippen LogP contribution in [0.3, 0.4) is 0 Å². The summed E-state index contributed by atoms with van der Waals surface area (Å²) < 4.78 is 0. The quantitative estimate of drug-likeness (QED) is 0.612. The van der Waals surface area contributed by atoms with Gasteiger partial charge in [-0.1, -0.05) is 34.6 Å². The monoisotopic (exact) mass is 172 g/mol. The first-order valence-corrected chi connectivity index (χ1v) is 4.36. The van der Waals surface area contributed by atoms with Gasteiger partial charge in [0, 0.05) is 11.8 Å². The van der Waals surface area contributed by atoms with Crippen molar-refractivity contribution in [3.8, 4) is 0 Å². The molecule has 0 heterocycles. The van der Waals surface area contributed by atoms with Crippen LogP contribution >= 0.6 is 0 Å². The molecule has 1 unspecified atom stereocenters. The molecular formula is C10H20O2. The number of hydrogen-bond donors (Lipinski definition) is 0. The van der Waals surface area contributed by atoms with Gasteiger partial charge in [-0.15, -0.1) is 0 Å². The average Bonchev–Trinajstić information content (AvgIpc) is 2.04. The molecule has 72 valence electrons. The minimum absolute atomic E-state index is 0.204. The van der Waals surface area contributed by atoms with Crippen molar-refractivity contribution >= 4 is 12.6 Å². The summed E-state index contributed by atoms with van der Waals surface area (Å²) in [6, 6.07) is 0. The van der Waals surface area contributed by atoms with Gasteiger partial charge in [0.2, 0.25) is 0 Å². The first-order valence-electron chi connectivity index (χ1n) is 4.36. The highest BCUT2D eigenvalue weighted by atomic mass is 16.1. The Hall–Kier alpha value is -0.660. The molecule has 0 aromatic heterocycles. The fourth-order valence-corrected chi connectivity index (χ4v) is 0.157. The Bertz CT molecular complexity index is 117. The highest BCUT2D eigenvalue weighted by molar-refractivity contribution is 5.53. The molecule has 0 N–H and O–H groups in total. The molecule has 0 aliphatic carbocycles. The minimum atomic E-state index is 0.204. The van der Waals surface area contributed by atoms with Crippen molar-refractivity contribution in [1.82, 2.24) is 0 Å². The van der Waals surface area contributed by atoms with Gasteiger partial charge in [-0.2, -0.15) is 0 Å². The number of hydrogen-bond acceptors (Lipinski definition) is 2. The standard InChI is InChI=1S/C6H12O.C4H8O/c1-5(2)6(3)4-7;1-4(2)3-5/h4-6H,1-3H3;3-4H,1-2H3. The van der Waals surface area contributed by atoms with Gasteiger partial charge in [-0.05, 0) is 5.92 Å². The molecule has 1 atom stereocenters. The summed E-state index contributed by atoms with van der Waals surface area (Å²) in [5.41, 5.74) is 0. The van der Waals surface area contributed by atoms with Crippen LogP contribution in [0.15, 0.2) is 0 Å². The first-order chi connectivity index (χ1) is 5.45. The molecule has 0 fully saturated rings. The van der Waals surface area contributed by atoms with E-state index in [1.807, 2.05) is 34.6 Å². The zero-order valence-corrected chi connectivity index (χ0v) is 8.70. The maximum absolute atomic E-state index is 9.95. The Morgan fingerprint density at radius 2 is 1.17 bits per heavy atom. The van der Waals surface area contributed by atoms with Gasteiger partial charge in [0.05, 0.1) is 0 Å². The van der Waals surface area contributed by atoms with Crippen molar-refractivity contribution in [3.63, 3.8) is 0 Å². The van der Waals surface area contributed by atoms with Crippen molar-refractivity contribution < 1.29 is 9.59 Å². The van der Waals surface area contributed by atoms with E-state index in [0.717, 1.165) is 12.6 Å². The molecule has 0 amide bonds. The topological polar surface area (TPSA) is 34.1 Å². The van der Waals surface area contributed by atoms with Gasteiger partial charge in [-0.25, -0.2) is 0 Å². The second kappa shape index (κ2) is 8.44. The van der Waals surface area contributed by atoms with Crippen LogP contribution in [-0.2, 0) is 9.59 Å². The molecule has 0 saturated heterocycles. The lowest BCUT2D eigenvalue weighted by Gasteiger charge is -2.04. The van der Waals surface area contributed by atoms with Crippen molar-refractivity contribution in [3.05, 3.63) is 0 Å². The van der Waals surface area contributed by atoms with Gasteiger partial charge in [0.25, 0.3) is 0 Å². The summed E-state index contributed by atoms with van der Waals surface area (Å²) in [6.07, 6.45) is 1.91. The maximum atomic E-state index is 9.95. The lowest BCUT2D eigenvalue weighted by molar-refractivity contribution is -0.111. The van der Waals surface area contributed by atoms with Crippen LogP contribution in [0.25, 0.3) is 0 Å². The summed E-state index contributed by atoms with van der Waals surface area (Å²) in [4.78, 5) is 19.5. The lowest BCUT2D eigenvalue weighted by Crippen LogP contribution is -2.03. The van der Waals surface area contributed by atoms with Crippen molar-refractivity contribution in [2.75, 3.05) is 0 Å². The summed E-state index contributed by atoms with van der Waals surface area (Å²) >= 11 is 0. The van der Waals surface area contributed by atoms with Gasteiger partial charge in [0.1, 0.15) is 12.6 Å². The van der Waals surface area contributed by atoms with Crippen molar-refractivity contribution in [2.45, 2.75) is 34.6 Å². The van der Waals surface area contributed by atoms with E-state index < -0.39 is 0 Å². The Labute approximate surface area is 75.4 Å². The van der Waals surface area contributed by atoms with E-state index in [2.05, 4.69) is 0 Å². The molecule has 0 aliphatic heterocycles. The number of rotatable bonds is 3. The normalized spacial score (nSPS) is 11.9. The third-order valence-electron chi connectivity index (χ3n) is 1.54. The molecule has 0 aliphatic rings. The molecule has 0 radical (unpaired) electrons. The fraction of sp³-hybridized carbons (Fsp3) is 0.800. The molecular weight excluding hydrogens is 152 g/mol. The van der Waals surface area contributed by atoms with Crippen LogP contribution in [0.2, 0.25) is 0 Å². The average molecular weight is 172 g/mol. The van der Waals surface area contributed by atoms with Crippen molar-refractivity contribution in [2.24, 2.45) is 17.8 Å². The summed E-state index contributed by atoms with van der Waals surface area (Å²) in [6.45, 7) is 9.72. The lowest BCUT2D eigenvalue weighted by atomic mass is 10.0. The largest absolute Gasteiger partial charge is 0.303 e. The maximum Gasteiger partial charge on any atom is 0.123 e. The number of aldehydes is 2. The van der Waals surface area contributed by atoms with Crippen LogP contribution < -0.4 is 0 Å². The first kappa shape index (κ1) is 13.9. The molecule has 2 heteroatoms. The van der Waals surface area contributed by atoms with Gasteiger partial charge < -0.3 is 9.59 Å². The van der Waals surface area contributed by atoms with E-state index in [-0.39, 0.29) is 11.8 Å². The SMILES string of the molecule is CC(C)C(C)C=O.CC(C)C=O. The molecule has 0 rings (SSSR count). The van der Waals surface area contributed by atoms with Crippen LogP contribution in [0.5, 0.6) is 0 Å². The van der Waals surface area contributed by atoms with Crippen LogP contribution in [0.4, 0.5) is 0 Å². The van der Waals surface area contributed by atoms with Gasteiger partial charge in [0.15, 0.2) is 0 Å². The highest BCUT2D eigenvalue weighted by Gasteiger charge is 2.02. The fourth-order valence-electron chi connectivity index (χ4n) is 0.157. The molecule has 2 nitrogen and oxygen atoms in total. The third-order valence-corrected chi connectivity index (χ3v) is 1.54. The zero-order chi connectivity index (χ0) is 10.1. The number of carbonyl (C=O) groups excluding carboxylic acids is 2. The van der Waals surface area contributed by atoms with E-state index in [1.165, 1.54) is 0 Å². The summed E-state index contributed by atoms with van der Waals surface area (Å²) in [7, 11) is 0. The highest BCUT2D eigenvalue weighted by Crippen LogP contribution is 2.04. The van der Waals surface area contributed by atoms with E-state index in [0.29, 0.717) is 5.92 Å². The smallest absolute Gasteiger partial charge is 0.123 e. The Morgan fingerprint density at radius 1 is 0.833 bits per heavy atom. The van der Waals surface area contributed by atoms with E-state index in [9.17, 15) is 9.59 Å². The molecule has 0 aromatic carbocycles. The van der Waals surface area contributed by atoms with Crippen LogP contribution in [0.1, 0.15) is 34.6 Å². The van der Waals surface area contributed by atoms with Gasteiger partial charge >= 0.3 is 0 Å². The molecule has 0 saturated carbocycles. The molecule has 0 bridgehead atoms. The van der Waals surface area contributed by atoms with Crippen LogP contribution in [-0.4, -0.2) is 12.6 Å². The summed E-state index contributed by atoms with van der Waals surface area (Å²) in [5.74, 6) is 0.924. The zero-order valence-electron chi connectivity index (χ0n) is 8.70. The van der Waals surface area contributed by atoms with E-state index >= 15 is 0 Å².